The van der Waals surface area contributed by atoms with E-state index in [9.17, 15) is 0 Å². The van der Waals surface area contributed by atoms with Crippen molar-refractivity contribution in [2.24, 2.45) is 11.8 Å². The first-order chi connectivity index (χ1) is 9.17. The quantitative estimate of drug-likeness (QED) is 0.828. The molecular formula is C17H27NO. The summed E-state index contributed by atoms with van der Waals surface area (Å²) in [5.74, 6) is 2.65. The maximum atomic E-state index is 5.61. The van der Waals surface area contributed by atoms with Gasteiger partial charge in [0.25, 0.3) is 0 Å². The lowest BCUT2D eigenvalue weighted by Gasteiger charge is -2.32. The highest BCUT2D eigenvalue weighted by Crippen LogP contribution is 2.30. The summed E-state index contributed by atoms with van der Waals surface area (Å²) in [6.45, 7) is 7.66. The largest absolute Gasteiger partial charge is 0.494 e. The monoisotopic (exact) mass is 261 g/mol. The van der Waals surface area contributed by atoms with Gasteiger partial charge in [-0.2, -0.15) is 0 Å². The summed E-state index contributed by atoms with van der Waals surface area (Å²) in [6.07, 6.45) is 5.01. The number of nitrogens with one attached hydrogen (secondary N) is 1. The summed E-state index contributed by atoms with van der Waals surface area (Å²) >= 11 is 0. The molecule has 0 aliphatic heterocycles. The maximum Gasteiger partial charge on any atom is 0.119 e. The summed E-state index contributed by atoms with van der Waals surface area (Å²) < 4.78 is 5.61. The molecular weight excluding hydrogens is 234 g/mol. The van der Waals surface area contributed by atoms with E-state index in [2.05, 4.69) is 50.4 Å². The van der Waals surface area contributed by atoms with E-state index in [4.69, 9.17) is 4.74 Å². The van der Waals surface area contributed by atoms with E-state index in [1.54, 1.807) is 0 Å². The fourth-order valence-corrected chi connectivity index (χ4v) is 3.17. The first-order valence-electron chi connectivity index (χ1n) is 7.66. The zero-order valence-electron chi connectivity index (χ0n) is 12.5. The molecule has 19 heavy (non-hydrogen) atoms. The van der Waals surface area contributed by atoms with Crippen molar-refractivity contribution in [3.8, 4) is 5.75 Å². The lowest BCUT2D eigenvalue weighted by atomic mass is 9.80. The van der Waals surface area contributed by atoms with Crippen molar-refractivity contribution in [3.63, 3.8) is 0 Å². The van der Waals surface area contributed by atoms with Gasteiger partial charge in [0.1, 0.15) is 5.75 Å². The first-order valence-corrected chi connectivity index (χ1v) is 7.66. The lowest BCUT2D eigenvalue weighted by Crippen LogP contribution is -2.30. The molecule has 1 aliphatic carbocycles. The summed E-state index contributed by atoms with van der Waals surface area (Å²) in [5.41, 5.74) is 1.22. The van der Waals surface area contributed by atoms with Crippen molar-refractivity contribution in [3.05, 3.63) is 24.3 Å². The van der Waals surface area contributed by atoms with E-state index in [1.807, 2.05) is 0 Å². The molecule has 0 heterocycles. The van der Waals surface area contributed by atoms with Gasteiger partial charge in [-0.05, 0) is 61.8 Å². The topological polar surface area (TPSA) is 21.3 Å². The highest BCUT2D eigenvalue weighted by molar-refractivity contribution is 5.47. The third-order valence-electron chi connectivity index (χ3n) is 3.88. The fraction of sp³-hybridized carbons (Fsp3) is 0.647. The number of hydrogen-bond donors (Lipinski definition) is 1. The van der Waals surface area contributed by atoms with E-state index in [0.29, 0.717) is 6.04 Å². The van der Waals surface area contributed by atoms with E-state index >= 15 is 0 Å². The van der Waals surface area contributed by atoms with Gasteiger partial charge in [0.15, 0.2) is 0 Å². The SMILES string of the molecule is CCCOc1ccc(NC2CC(C)CC(C)C2)cc1. The van der Waals surface area contributed by atoms with Crippen LogP contribution in [0.4, 0.5) is 5.69 Å². The molecule has 0 radical (unpaired) electrons. The summed E-state index contributed by atoms with van der Waals surface area (Å²) in [5, 5.41) is 3.67. The molecule has 2 rings (SSSR count). The van der Waals surface area contributed by atoms with Gasteiger partial charge < -0.3 is 10.1 Å². The minimum Gasteiger partial charge on any atom is -0.494 e. The summed E-state index contributed by atoms with van der Waals surface area (Å²) in [4.78, 5) is 0. The number of anilines is 1. The number of hydrogen-bond acceptors (Lipinski definition) is 2. The molecule has 1 aromatic rings. The van der Waals surface area contributed by atoms with Gasteiger partial charge >= 0.3 is 0 Å². The fourth-order valence-electron chi connectivity index (χ4n) is 3.17. The molecule has 1 aromatic carbocycles. The Labute approximate surface area is 117 Å². The molecule has 2 heteroatoms. The number of benzene rings is 1. The van der Waals surface area contributed by atoms with Crippen LogP contribution >= 0.6 is 0 Å². The van der Waals surface area contributed by atoms with Gasteiger partial charge in [-0.25, -0.2) is 0 Å². The van der Waals surface area contributed by atoms with Crippen molar-refractivity contribution in [2.75, 3.05) is 11.9 Å². The molecule has 1 aliphatic rings. The summed E-state index contributed by atoms with van der Waals surface area (Å²) in [6, 6.07) is 9.02. The predicted octanol–water partition coefficient (Wildman–Crippen LogP) is 4.71. The Hall–Kier alpha value is -1.18. The number of rotatable bonds is 5. The predicted molar refractivity (Wildman–Crippen MR) is 81.8 cm³/mol. The average molecular weight is 261 g/mol. The highest BCUT2D eigenvalue weighted by atomic mass is 16.5. The van der Waals surface area contributed by atoms with E-state index < -0.39 is 0 Å². The molecule has 1 saturated carbocycles. The van der Waals surface area contributed by atoms with Crippen molar-refractivity contribution in [1.82, 2.24) is 0 Å². The Morgan fingerprint density at radius 1 is 1.05 bits per heavy atom. The standard InChI is InChI=1S/C17H27NO/c1-4-9-19-17-7-5-15(6-8-17)18-16-11-13(2)10-14(3)12-16/h5-8,13-14,16,18H,4,9-12H2,1-3H3. The van der Waals surface area contributed by atoms with Crippen LogP contribution in [-0.4, -0.2) is 12.6 Å². The van der Waals surface area contributed by atoms with Gasteiger partial charge in [-0.1, -0.05) is 20.8 Å². The minimum atomic E-state index is 0.626. The van der Waals surface area contributed by atoms with Gasteiger partial charge in [0.2, 0.25) is 0 Å². The molecule has 1 fully saturated rings. The maximum absolute atomic E-state index is 5.61. The Bertz CT molecular complexity index is 363. The second-order valence-electron chi connectivity index (χ2n) is 6.13. The van der Waals surface area contributed by atoms with E-state index in [0.717, 1.165) is 30.6 Å². The molecule has 0 spiro atoms. The zero-order chi connectivity index (χ0) is 13.7. The molecule has 2 atom stereocenters. The highest BCUT2D eigenvalue weighted by Gasteiger charge is 2.23. The van der Waals surface area contributed by atoms with Gasteiger partial charge in [0, 0.05) is 11.7 Å². The molecule has 0 aromatic heterocycles. The van der Waals surface area contributed by atoms with Gasteiger partial charge in [-0.15, -0.1) is 0 Å². The Balaban J connectivity index is 1.88. The van der Waals surface area contributed by atoms with Crippen molar-refractivity contribution in [1.29, 1.82) is 0 Å². The average Bonchev–Trinajstić information content (AvgIpc) is 2.37. The first kappa shape index (κ1) is 14.2. The summed E-state index contributed by atoms with van der Waals surface area (Å²) in [7, 11) is 0. The number of ether oxygens (including phenoxy) is 1. The van der Waals surface area contributed by atoms with Crippen molar-refractivity contribution < 1.29 is 4.74 Å². The smallest absolute Gasteiger partial charge is 0.119 e. The van der Waals surface area contributed by atoms with Crippen LogP contribution in [0.1, 0.15) is 46.5 Å². The van der Waals surface area contributed by atoms with Crippen LogP contribution < -0.4 is 10.1 Å². The molecule has 0 bridgehead atoms. The minimum absolute atomic E-state index is 0.626. The van der Waals surface area contributed by atoms with Crippen molar-refractivity contribution >= 4 is 5.69 Å². The van der Waals surface area contributed by atoms with Gasteiger partial charge in [-0.3, -0.25) is 0 Å². The lowest BCUT2D eigenvalue weighted by molar-refractivity contribution is 0.281. The third kappa shape index (κ3) is 4.45. The molecule has 2 nitrogen and oxygen atoms in total. The van der Waals surface area contributed by atoms with Crippen LogP contribution in [-0.2, 0) is 0 Å². The molecule has 0 saturated heterocycles. The molecule has 2 unspecified atom stereocenters. The van der Waals surface area contributed by atoms with Crippen LogP contribution in [0.25, 0.3) is 0 Å². The van der Waals surface area contributed by atoms with Crippen LogP contribution in [0.2, 0.25) is 0 Å². The van der Waals surface area contributed by atoms with Crippen LogP contribution in [0.3, 0.4) is 0 Å². The third-order valence-corrected chi connectivity index (χ3v) is 3.88. The van der Waals surface area contributed by atoms with E-state index in [1.165, 1.54) is 24.9 Å². The Morgan fingerprint density at radius 2 is 1.68 bits per heavy atom. The van der Waals surface area contributed by atoms with E-state index in [-0.39, 0.29) is 0 Å². The van der Waals surface area contributed by atoms with Crippen LogP contribution in [0, 0.1) is 11.8 Å². The molecule has 106 valence electrons. The molecule has 0 amide bonds. The Morgan fingerprint density at radius 3 is 2.26 bits per heavy atom. The van der Waals surface area contributed by atoms with Crippen molar-refractivity contribution in [2.45, 2.75) is 52.5 Å². The molecule has 1 N–H and O–H groups in total. The zero-order valence-corrected chi connectivity index (χ0v) is 12.5. The second-order valence-corrected chi connectivity index (χ2v) is 6.13. The second kappa shape index (κ2) is 6.83. The van der Waals surface area contributed by atoms with Crippen LogP contribution in [0.5, 0.6) is 5.75 Å². The van der Waals surface area contributed by atoms with Gasteiger partial charge in [0.05, 0.1) is 6.61 Å². The Kier molecular flexibility index (Phi) is 5.12. The van der Waals surface area contributed by atoms with Crippen LogP contribution in [0.15, 0.2) is 24.3 Å². The normalized spacial score (nSPS) is 27.0.